The number of benzene rings is 1. The fraction of sp³-hybridized carbons (Fsp3) is 0.286. The number of amides is 1. The molecule has 0 N–H and O–H groups in total. The zero-order chi connectivity index (χ0) is 19.5. The molecule has 0 bridgehead atoms. The van der Waals surface area contributed by atoms with Crippen molar-refractivity contribution in [1.29, 1.82) is 0 Å². The van der Waals surface area contributed by atoms with E-state index < -0.39 is 0 Å². The van der Waals surface area contributed by atoms with Gasteiger partial charge in [0.25, 0.3) is 5.91 Å². The Morgan fingerprint density at radius 3 is 2.82 bits per heavy atom. The van der Waals surface area contributed by atoms with Gasteiger partial charge >= 0.3 is 0 Å². The van der Waals surface area contributed by atoms with Gasteiger partial charge in [0.05, 0.1) is 6.20 Å². The van der Waals surface area contributed by atoms with Crippen LogP contribution in [0.5, 0.6) is 11.6 Å². The van der Waals surface area contributed by atoms with Gasteiger partial charge in [0.2, 0.25) is 5.88 Å². The number of carbonyl (C=O) groups excluding carboxylic acids is 1. The maximum absolute atomic E-state index is 12.6. The van der Waals surface area contributed by atoms with E-state index in [1.165, 1.54) is 12.4 Å². The zero-order valence-electron chi connectivity index (χ0n) is 15.9. The average Bonchev–Trinajstić information content (AvgIpc) is 3.20. The van der Waals surface area contributed by atoms with Crippen molar-refractivity contribution in [2.24, 2.45) is 0 Å². The van der Waals surface area contributed by atoms with Gasteiger partial charge in [-0.25, -0.2) is 9.97 Å². The number of para-hydroxylation sites is 1. The summed E-state index contributed by atoms with van der Waals surface area (Å²) in [5.41, 5.74) is 2.24. The molecule has 7 heteroatoms. The smallest absolute Gasteiger partial charge is 0.274 e. The summed E-state index contributed by atoms with van der Waals surface area (Å²) in [6.45, 7) is 5.12. The van der Waals surface area contributed by atoms with Crippen molar-refractivity contribution in [3.8, 4) is 11.6 Å². The highest BCUT2D eigenvalue weighted by Crippen LogP contribution is 2.29. The Morgan fingerprint density at radius 2 is 2.04 bits per heavy atom. The summed E-state index contributed by atoms with van der Waals surface area (Å²) in [5, 5.41) is 0. The molecule has 1 amide bonds. The predicted octanol–water partition coefficient (Wildman–Crippen LogP) is 3.31. The van der Waals surface area contributed by atoms with Gasteiger partial charge in [-0.3, -0.25) is 9.78 Å². The largest absolute Gasteiger partial charge is 0.439 e. The van der Waals surface area contributed by atoms with Gasteiger partial charge < -0.3 is 9.64 Å². The number of ether oxygens (including phenoxy) is 1. The van der Waals surface area contributed by atoms with Crippen molar-refractivity contribution in [3.63, 3.8) is 0 Å². The minimum Gasteiger partial charge on any atom is -0.439 e. The molecule has 1 unspecified atom stereocenters. The Kier molecular flexibility index (Phi) is 4.97. The van der Waals surface area contributed by atoms with Gasteiger partial charge in [0.15, 0.2) is 0 Å². The molecule has 3 aromatic rings. The number of likely N-dealkylation sites (tertiary alicyclic amines) is 1. The van der Waals surface area contributed by atoms with Crippen molar-refractivity contribution in [2.45, 2.75) is 26.2 Å². The molecule has 0 aliphatic carbocycles. The minimum absolute atomic E-state index is 0.0692. The van der Waals surface area contributed by atoms with E-state index in [1.54, 1.807) is 11.1 Å². The van der Waals surface area contributed by atoms with Crippen molar-refractivity contribution >= 4 is 5.91 Å². The summed E-state index contributed by atoms with van der Waals surface area (Å²) in [7, 11) is 0. The van der Waals surface area contributed by atoms with Gasteiger partial charge in [-0.15, -0.1) is 0 Å². The fourth-order valence-electron chi connectivity index (χ4n) is 3.31. The first-order chi connectivity index (χ1) is 13.6. The molecule has 1 fully saturated rings. The van der Waals surface area contributed by atoms with Crippen LogP contribution in [0.2, 0.25) is 0 Å². The maximum Gasteiger partial charge on any atom is 0.274 e. The van der Waals surface area contributed by atoms with Gasteiger partial charge in [-0.2, -0.15) is 4.98 Å². The van der Waals surface area contributed by atoms with Gasteiger partial charge in [-0.1, -0.05) is 18.2 Å². The van der Waals surface area contributed by atoms with E-state index in [1.807, 2.05) is 44.2 Å². The Hall–Kier alpha value is -3.35. The summed E-state index contributed by atoms with van der Waals surface area (Å²) >= 11 is 0. The number of aryl methyl sites for hydroxylation is 2. The van der Waals surface area contributed by atoms with E-state index in [2.05, 4.69) is 19.9 Å². The second kappa shape index (κ2) is 7.72. The molecular weight excluding hydrogens is 354 g/mol. The van der Waals surface area contributed by atoms with E-state index >= 15 is 0 Å². The quantitative estimate of drug-likeness (QED) is 0.696. The monoisotopic (exact) mass is 375 g/mol. The second-order valence-electron chi connectivity index (χ2n) is 6.90. The van der Waals surface area contributed by atoms with Crippen molar-refractivity contribution in [1.82, 2.24) is 24.8 Å². The summed E-state index contributed by atoms with van der Waals surface area (Å²) in [6, 6.07) is 9.65. The van der Waals surface area contributed by atoms with E-state index in [9.17, 15) is 4.79 Å². The first kappa shape index (κ1) is 18.0. The van der Waals surface area contributed by atoms with Crippen LogP contribution in [-0.4, -0.2) is 43.8 Å². The number of carbonyl (C=O) groups is 1. The molecule has 0 saturated carbocycles. The highest BCUT2D eigenvalue weighted by Gasteiger charge is 2.30. The second-order valence-corrected chi connectivity index (χ2v) is 6.90. The summed E-state index contributed by atoms with van der Waals surface area (Å²) in [5.74, 6) is 1.96. The lowest BCUT2D eigenvalue weighted by atomic mass is 10.1. The number of aromatic nitrogens is 4. The highest BCUT2D eigenvalue weighted by molar-refractivity contribution is 5.92. The molecule has 1 atom stereocenters. The molecule has 1 aromatic carbocycles. The third-order valence-corrected chi connectivity index (χ3v) is 4.78. The Morgan fingerprint density at radius 1 is 1.18 bits per heavy atom. The Labute approximate surface area is 163 Å². The average molecular weight is 375 g/mol. The van der Waals surface area contributed by atoms with E-state index in [-0.39, 0.29) is 11.8 Å². The van der Waals surface area contributed by atoms with Crippen LogP contribution in [0.15, 0.2) is 48.9 Å². The van der Waals surface area contributed by atoms with Crippen LogP contribution in [0.1, 0.15) is 39.9 Å². The third-order valence-electron chi connectivity index (χ3n) is 4.78. The van der Waals surface area contributed by atoms with Crippen LogP contribution >= 0.6 is 0 Å². The number of rotatable bonds is 4. The molecule has 0 spiro atoms. The van der Waals surface area contributed by atoms with Crippen molar-refractivity contribution in [2.75, 3.05) is 13.1 Å². The number of hydrogen-bond donors (Lipinski definition) is 0. The summed E-state index contributed by atoms with van der Waals surface area (Å²) in [4.78, 5) is 31.7. The molecule has 1 saturated heterocycles. The lowest BCUT2D eigenvalue weighted by molar-refractivity contribution is 0.0784. The summed E-state index contributed by atoms with van der Waals surface area (Å²) in [6.07, 6.45) is 5.38. The number of nitrogens with zero attached hydrogens (tertiary/aromatic N) is 5. The summed E-state index contributed by atoms with van der Waals surface area (Å²) < 4.78 is 5.98. The standard InChI is InChI=1S/C21H21N5O2/c1-14-5-3-4-6-18(14)28-19-11-15(2)24-20(25-19)16-7-10-26(13-16)21(27)17-12-22-8-9-23-17/h3-6,8-9,11-12,16H,7,10,13H2,1-2H3. The number of hydrogen-bond acceptors (Lipinski definition) is 6. The lowest BCUT2D eigenvalue weighted by Crippen LogP contribution is -2.29. The molecule has 1 aliphatic rings. The third kappa shape index (κ3) is 3.83. The molecule has 28 heavy (non-hydrogen) atoms. The first-order valence-corrected chi connectivity index (χ1v) is 9.24. The first-order valence-electron chi connectivity index (χ1n) is 9.24. The normalized spacial score (nSPS) is 16.2. The molecule has 1 aliphatic heterocycles. The SMILES string of the molecule is Cc1cc(Oc2ccccc2C)nc(C2CCN(C(=O)c3cnccn3)C2)n1. The van der Waals surface area contributed by atoms with Crippen LogP contribution in [-0.2, 0) is 0 Å². The molecule has 142 valence electrons. The van der Waals surface area contributed by atoms with E-state index in [0.717, 1.165) is 23.4 Å². The lowest BCUT2D eigenvalue weighted by Gasteiger charge is -2.16. The topological polar surface area (TPSA) is 81.1 Å². The van der Waals surface area contributed by atoms with Crippen LogP contribution in [0.3, 0.4) is 0 Å². The molecule has 7 nitrogen and oxygen atoms in total. The van der Waals surface area contributed by atoms with Crippen molar-refractivity contribution < 1.29 is 9.53 Å². The molecular formula is C21H21N5O2. The molecule has 3 heterocycles. The predicted molar refractivity (Wildman–Crippen MR) is 103 cm³/mol. The maximum atomic E-state index is 12.6. The van der Waals surface area contributed by atoms with Crippen LogP contribution in [0.25, 0.3) is 0 Å². The van der Waals surface area contributed by atoms with Gasteiger partial charge in [0, 0.05) is 43.2 Å². The van der Waals surface area contributed by atoms with Crippen LogP contribution in [0, 0.1) is 13.8 Å². The minimum atomic E-state index is -0.111. The van der Waals surface area contributed by atoms with Crippen LogP contribution < -0.4 is 4.74 Å². The Bertz CT molecular complexity index is 993. The fourth-order valence-corrected chi connectivity index (χ4v) is 3.31. The molecule has 0 radical (unpaired) electrons. The van der Waals surface area contributed by atoms with Crippen molar-refractivity contribution in [3.05, 3.63) is 71.7 Å². The van der Waals surface area contributed by atoms with Gasteiger partial charge in [0.1, 0.15) is 17.3 Å². The molecule has 2 aromatic heterocycles. The van der Waals surface area contributed by atoms with E-state index in [4.69, 9.17) is 4.74 Å². The Balaban J connectivity index is 1.51. The van der Waals surface area contributed by atoms with Crippen LogP contribution in [0.4, 0.5) is 0 Å². The zero-order valence-corrected chi connectivity index (χ0v) is 15.9. The van der Waals surface area contributed by atoms with Gasteiger partial charge in [-0.05, 0) is 31.9 Å². The van der Waals surface area contributed by atoms with E-state index in [0.29, 0.717) is 30.5 Å². The molecule has 4 rings (SSSR count). The highest BCUT2D eigenvalue weighted by atomic mass is 16.5.